The molecule has 0 aliphatic carbocycles. The van der Waals surface area contributed by atoms with E-state index >= 15 is 0 Å². The zero-order chi connectivity index (χ0) is 10.6. The van der Waals surface area contributed by atoms with Gasteiger partial charge in [0.2, 0.25) is 0 Å². The van der Waals surface area contributed by atoms with E-state index in [1.165, 1.54) is 0 Å². The zero-order valence-electron chi connectivity index (χ0n) is 8.66. The van der Waals surface area contributed by atoms with Gasteiger partial charge in [-0.3, -0.25) is 0 Å². The van der Waals surface area contributed by atoms with Gasteiger partial charge >= 0.3 is 5.97 Å². The molecule has 1 fully saturated rings. The second kappa shape index (κ2) is 5.15. The van der Waals surface area contributed by atoms with Gasteiger partial charge in [0.05, 0.1) is 12.7 Å². The smallest absolute Gasteiger partial charge is 0.333 e. The molecular weight excluding hydrogens is 180 g/mol. The van der Waals surface area contributed by atoms with Crippen LogP contribution in [-0.4, -0.2) is 23.8 Å². The van der Waals surface area contributed by atoms with Gasteiger partial charge in [-0.15, -0.1) is 0 Å². The highest BCUT2D eigenvalue weighted by Crippen LogP contribution is 2.24. The normalized spacial score (nSPS) is 23.7. The topological polar surface area (TPSA) is 46.5 Å². The summed E-state index contributed by atoms with van der Waals surface area (Å²) >= 11 is 0. The zero-order valence-corrected chi connectivity index (χ0v) is 8.66. The van der Waals surface area contributed by atoms with Crippen molar-refractivity contribution in [1.29, 1.82) is 0 Å². The highest BCUT2D eigenvalue weighted by atomic mass is 16.5. The molecule has 0 aromatic rings. The Kier molecular flexibility index (Phi) is 4.14. The van der Waals surface area contributed by atoms with Gasteiger partial charge in [0.15, 0.2) is 0 Å². The molecule has 0 aromatic heterocycles. The highest BCUT2D eigenvalue weighted by molar-refractivity contribution is 5.90. The van der Waals surface area contributed by atoms with Crippen molar-refractivity contribution in [1.82, 2.24) is 0 Å². The summed E-state index contributed by atoms with van der Waals surface area (Å²) in [5.74, 6) is -0.0398. The Balaban J connectivity index is 2.13. The molecule has 2 unspecified atom stereocenters. The van der Waals surface area contributed by atoms with Crippen molar-refractivity contribution in [3.05, 3.63) is 12.2 Å². The molecule has 0 amide bonds. The molecule has 0 radical (unpaired) electrons. The first-order valence-electron chi connectivity index (χ1n) is 5.15. The lowest BCUT2D eigenvalue weighted by atomic mass is 9.96. The molecule has 1 heterocycles. The van der Waals surface area contributed by atoms with Crippen molar-refractivity contribution >= 4 is 5.97 Å². The number of unbranched alkanes of at least 4 members (excludes halogenated alkanes) is 1. The van der Waals surface area contributed by atoms with E-state index in [9.17, 15) is 4.79 Å². The SMILES string of the molecule is C=C1C(=O)OCC1CCCCC(C)O. The Hall–Kier alpha value is -0.830. The second-order valence-corrected chi connectivity index (χ2v) is 3.95. The van der Waals surface area contributed by atoms with E-state index in [-0.39, 0.29) is 18.0 Å². The minimum atomic E-state index is -0.245. The fourth-order valence-corrected chi connectivity index (χ4v) is 1.62. The van der Waals surface area contributed by atoms with E-state index in [1.54, 1.807) is 6.92 Å². The Morgan fingerprint density at radius 1 is 1.64 bits per heavy atom. The average Bonchev–Trinajstić information content (AvgIpc) is 2.43. The highest BCUT2D eigenvalue weighted by Gasteiger charge is 2.27. The first-order chi connectivity index (χ1) is 6.61. The van der Waals surface area contributed by atoms with Crippen molar-refractivity contribution in [2.45, 2.75) is 38.7 Å². The van der Waals surface area contributed by atoms with Gasteiger partial charge in [0, 0.05) is 11.5 Å². The molecule has 3 heteroatoms. The first kappa shape index (κ1) is 11.2. The van der Waals surface area contributed by atoms with E-state index in [2.05, 4.69) is 6.58 Å². The number of rotatable bonds is 5. The van der Waals surface area contributed by atoms with Crippen LogP contribution in [0.5, 0.6) is 0 Å². The molecule has 14 heavy (non-hydrogen) atoms. The van der Waals surface area contributed by atoms with Crippen molar-refractivity contribution in [3.63, 3.8) is 0 Å². The minimum Gasteiger partial charge on any atom is -0.462 e. The fraction of sp³-hybridized carbons (Fsp3) is 0.727. The van der Waals surface area contributed by atoms with Gasteiger partial charge in [0.25, 0.3) is 0 Å². The molecule has 0 bridgehead atoms. The molecule has 80 valence electrons. The van der Waals surface area contributed by atoms with E-state index < -0.39 is 0 Å². The molecule has 0 spiro atoms. The fourth-order valence-electron chi connectivity index (χ4n) is 1.62. The lowest BCUT2D eigenvalue weighted by Crippen LogP contribution is -2.04. The number of esters is 1. The average molecular weight is 198 g/mol. The molecule has 0 aromatic carbocycles. The van der Waals surface area contributed by atoms with E-state index in [1.807, 2.05) is 0 Å². The number of hydrogen-bond acceptors (Lipinski definition) is 3. The van der Waals surface area contributed by atoms with Gasteiger partial charge in [-0.1, -0.05) is 19.4 Å². The number of aliphatic hydroxyl groups excluding tert-OH is 1. The summed E-state index contributed by atoms with van der Waals surface area (Å²) in [6.07, 6.45) is 3.56. The van der Waals surface area contributed by atoms with Crippen molar-refractivity contribution in [3.8, 4) is 0 Å². The van der Waals surface area contributed by atoms with Crippen LogP contribution >= 0.6 is 0 Å². The summed E-state index contributed by atoms with van der Waals surface area (Å²) in [6, 6.07) is 0. The molecule has 1 N–H and O–H groups in total. The summed E-state index contributed by atoms with van der Waals surface area (Å²) in [4.78, 5) is 11.0. The van der Waals surface area contributed by atoms with Crippen LogP contribution in [0.3, 0.4) is 0 Å². The molecule has 2 atom stereocenters. The molecular formula is C11H18O3. The summed E-state index contributed by atoms with van der Waals surface area (Å²) in [5.41, 5.74) is 0.613. The predicted octanol–water partition coefficient (Wildman–Crippen LogP) is 1.66. The maximum atomic E-state index is 11.0. The van der Waals surface area contributed by atoms with Crippen LogP contribution in [-0.2, 0) is 9.53 Å². The lowest BCUT2D eigenvalue weighted by molar-refractivity contribution is -0.135. The quantitative estimate of drug-likeness (QED) is 0.415. The van der Waals surface area contributed by atoms with Crippen LogP contribution in [0.1, 0.15) is 32.6 Å². The third kappa shape index (κ3) is 3.14. The molecule has 1 rings (SSSR count). The van der Waals surface area contributed by atoms with Crippen LogP contribution in [0.4, 0.5) is 0 Å². The van der Waals surface area contributed by atoms with Gasteiger partial charge in [-0.05, 0) is 19.8 Å². The third-order valence-electron chi connectivity index (χ3n) is 2.60. The monoisotopic (exact) mass is 198 g/mol. The van der Waals surface area contributed by atoms with Gasteiger partial charge in [-0.2, -0.15) is 0 Å². The van der Waals surface area contributed by atoms with Gasteiger partial charge < -0.3 is 9.84 Å². The first-order valence-corrected chi connectivity index (χ1v) is 5.15. The number of ether oxygens (including phenoxy) is 1. The summed E-state index contributed by atoms with van der Waals surface area (Å²) in [7, 11) is 0. The number of carbonyl (C=O) groups excluding carboxylic acids is 1. The number of hydrogen-bond donors (Lipinski definition) is 1. The van der Waals surface area contributed by atoms with E-state index in [4.69, 9.17) is 9.84 Å². The van der Waals surface area contributed by atoms with Crippen LogP contribution in [0.2, 0.25) is 0 Å². The molecule has 1 aliphatic rings. The Labute approximate surface area is 84.8 Å². The summed E-state index contributed by atoms with van der Waals surface area (Å²) < 4.78 is 4.87. The maximum Gasteiger partial charge on any atom is 0.333 e. The maximum absolute atomic E-state index is 11.0. The van der Waals surface area contributed by atoms with Crippen molar-refractivity contribution in [2.75, 3.05) is 6.61 Å². The summed E-state index contributed by atoms with van der Waals surface area (Å²) in [5, 5.41) is 9.04. The Morgan fingerprint density at radius 2 is 2.36 bits per heavy atom. The van der Waals surface area contributed by atoms with Crippen LogP contribution < -0.4 is 0 Å². The predicted molar refractivity (Wildman–Crippen MR) is 53.7 cm³/mol. The molecule has 1 saturated heterocycles. The Morgan fingerprint density at radius 3 is 2.86 bits per heavy atom. The van der Waals surface area contributed by atoms with Gasteiger partial charge in [-0.25, -0.2) is 4.79 Å². The molecule has 3 nitrogen and oxygen atoms in total. The van der Waals surface area contributed by atoms with Gasteiger partial charge in [0.1, 0.15) is 0 Å². The minimum absolute atomic E-state index is 0.205. The summed E-state index contributed by atoms with van der Waals surface area (Å²) in [6.45, 7) is 5.99. The van der Waals surface area contributed by atoms with Crippen molar-refractivity contribution < 1.29 is 14.6 Å². The lowest BCUT2D eigenvalue weighted by Gasteiger charge is -2.07. The number of cyclic esters (lactones) is 1. The second-order valence-electron chi connectivity index (χ2n) is 3.95. The number of carbonyl (C=O) groups is 1. The van der Waals surface area contributed by atoms with Crippen LogP contribution in [0.25, 0.3) is 0 Å². The van der Waals surface area contributed by atoms with E-state index in [0.717, 1.165) is 25.7 Å². The molecule has 0 saturated carbocycles. The van der Waals surface area contributed by atoms with Crippen LogP contribution in [0, 0.1) is 5.92 Å². The van der Waals surface area contributed by atoms with Crippen LogP contribution in [0.15, 0.2) is 12.2 Å². The third-order valence-corrected chi connectivity index (χ3v) is 2.60. The largest absolute Gasteiger partial charge is 0.462 e. The van der Waals surface area contributed by atoms with E-state index in [0.29, 0.717) is 12.2 Å². The van der Waals surface area contributed by atoms with Crippen molar-refractivity contribution in [2.24, 2.45) is 5.92 Å². The molecule has 1 aliphatic heterocycles. The Bertz CT molecular complexity index is 221. The number of aliphatic hydroxyl groups is 1. The standard InChI is InChI=1S/C11H18O3/c1-8(12)5-3-4-6-10-7-14-11(13)9(10)2/h8,10,12H,2-7H2,1H3.